The van der Waals surface area contributed by atoms with Gasteiger partial charge in [0.05, 0.1) is 11.3 Å². The van der Waals surface area contributed by atoms with Crippen molar-refractivity contribution in [3.05, 3.63) is 36.2 Å². The van der Waals surface area contributed by atoms with E-state index in [2.05, 4.69) is 11.6 Å². The zero-order valence-electron chi connectivity index (χ0n) is 6.10. The molecule has 0 spiro atoms. The number of halogens is 3. The van der Waals surface area contributed by atoms with E-state index in [-0.39, 0.29) is 5.69 Å². The molecule has 0 aliphatic carbocycles. The lowest BCUT2D eigenvalue weighted by Crippen LogP contribution is -2.07. The highest BCUT2D eigenvalue weighted by molar-refractivity contribution is 5.47. The summed E-state index contributed by atoms with van der Waals surface area (Å²) in [5.41, 5.74) is -0.884. The quantitative estimate of drug-likeness (QED) is 0.636. The Hall–Kier alpha value is -1.32. The maximum absolute atomic E-state index is 12.1. The molecule has 12 heavy (non-hydrogen) atoms. The van der Waals surface area contributed by atoms with E-state index < -0.39 is 11.7 Å². The van der Waals surface area contributed by atoms with Crippen LogP contribution in [0, 0.1) is 0 Å². The summed E-state index contributed by atoms with van der Waals surface area (Å²) in [7, 11) is 0. The SMILES string of the molecule is C=Cc1ncccc1C(F)(F)F. The Labute approximate surface area is 67.6 Å². The fourth-order valence-electron chi connectivity index (χ4n) is 0.820. The summed E-state index contributed by atoms with van der Waals surface area (Å²) in [5.74, 6) is 0. The maximum atomic E-state index is 12.1. The average Bonchev–Trinajstić information content (AvgIpc) is 2.03. The van der Waals surface area contributed by atoms with Gasteiger partial charge in [0.1, 0.15) is 0 Å². The molecule has 1 aromatic rings. The Kier molecular flexibility index (Phi) is 2.17. The molecule has 0 saturated heterocycles. The van der Waals surface area contributed by atoms with Gasteiger partial charge in [-0.25, -0.2) is 0 Å². The van der Waals surface area contributed by atoms with E-state index in [9.17, 15) is 13.2 Å². The van der Waals surface area contributed by atoms with Gasteiger partial charge in [0.2, 0.25) is 0 Å². The predicted molar refractivity (Wildman–Crippen MR) is 39.3 cm³/mol. The van der Waals surface area contributed by atoms with Crippen LogP contribution in [0.3, 0.4) is 0 Å². The van der Waals surface area contributed by atoms with Crippen molar-refractivity contribution in [3.8, 4) is 0 Å². The summed E-state index contributed by atoms with van der Waals surface area (Å²) in [6.07, 6.45) is -1.97. The summed E-state index contributed by atoms with van der Waals surface area (Å²) >= 11 is 0. The van der Waals surface area contributed by atoms with E-state index in [1.54, 1.807) is 0 Å². The van der Waals surface area contributed by atoms with Gasteiger partial charge in [-0.05, 0) is 18.2 Å². The molecule has 1 aromatic heterocycles. The minimum absolute atomic E-state index is 0.134. The monoisotopic (exact) mass is 173 g/mol. The third-order valence-electron chi connectivity index (χ3n) is 1.34. The second-order valence-corrected chi connectivity index (χ2v) is 2.14. The number of aromatic nitrogens is 1. The van der Waals surface area contributed by atoms with Crippen LogP contribution < -0.4 is 0 Å². The Balaban J connectivity index is 3.23. The van der Waals surface area contributed by atoms with Gasteiger partial charge in [-0.1, -0.05) is 6.58 Å². The number of hydrogen-bond acceptors (Lipinski definition) is 1. The molecule has 0 atom stereocenters. The van der Waals surface area contributed by atoms with Crippen LogP contribution in [0.4, 0.5) is 13.2 Å². The van der Waals surface area contributed by atoms with E-state index in [0.29, 0.717) is 0 Å². The van der Waals surface area contributed by atoms with Crippen LogP contribution in [0.15, 0.2) is 24.9 Å². The molecular formula is C8H6F3N. The lowest BCUT2D eigenvalue weighted by atomic mass is 10.2. The summed E-state index contributed by atoms with van der Waals surface area (Å²) in [5, 5.41) is 0. The molecule has 64 valence electrons. The van der Waals surface area contributed by atoms with Crippen molar-refractivity contribution in [3.63, 3.8) is 0 Å². The first-order chi connectivity index (χ1) is 5.55. The van der Waals surface area contributed by atoms with E-state index in [0.717, 1.165) is 12.1 Å². The molecular weight excluding hydrogens is 167 g/mol. The van der Waals surface area contributed by atoms with E-state index in [1.807, 2.05) is 0 Å². The van der Waals surface area contributed by atoms with Crippen LogP contribution in [-0.2, 0) is 6.18 Å². The zero-order chi connectivity index (χ0) is 9.19. The molecule has 0 saturated carbocycles. The summed E-state index contributed by atoms with van der Waals surface area (Å²) in [4.78, 5) is 3.53. The molecule has 0 N–H and O–H groups in total. The first-order valence-corrected chi connectivity index (χ1v) is 3.20. The highest BCUT2D eigenvalue weighted by Crippen LogP contribution is 2.31. The van der Waals surface area contributed by atoms with Gasteiger partial charge in [0.25, 0.3) is 0 Å². The first kappa shape index (κ1) is 8.77. The third kappa shape index (κ3) is 1.64. The van der Waals surface area contributed by atoms with Crippen molar-refractivity contribution in [2.75, 3.05) is 0 Å². The number of alkyl halides is 3. The van der Waals surface area contributed by atoms with Gasteiger partial charge in [0.15, 0.2) is 0 Å². The van der Waals surface area contributed by atoms with Crippen molar-refractivity contribution in [2.45, 2.75) is 6.18 Å². The number of nitrogens with zero attached hydrogens (tertiary/aromatic N) is 1. The predicted octanol–water partition coefficient (Wildman–Crippen LogP) is 2.74. The molecule has 1 heterocycles. The lowest BCUT2D eigenvalue weighted by Gasteiger charge is -2.07. The second-order valence-electron chi connectivity index (χ2n) is 2.14. The molecule has 1 nitrogen and oxygen atoms in total. The van der Waals surface area contributed by atoms with Gasteiger partial charge in [-0.15, -0.1) is 0 Å². The standard InChI is InChI=1S/C8H6F3N/c1-2-7-6(8(9,10)11)4-3-5-12-7/h2-5H,1H2. The molecule has 0 unspecified atom stereocenters. The van der Waals surface area contributed by atoms with Gasteiger partial charge in [0, 0.05) is 6.20 Å². The van der Waals surface area contributed by atoms with Crippen molar-refractivity contribution in [1.82, 2.24) is 4.98 Å². The molecule has 4 heteroatoms. The second kappa shape index (κ2) is 2.97. The van der Waals surface area contributed by atoms with Gasteiger partial charge in [-0.3, -0.25) is 4.98 Å². The van der Waals surface area contributed by atoms with Crippen LogP contribution in [0.5, 0.6) is 0 Å². The third-order valence-corrected chi connectivity index (χ3v) is 1.34. The Morgan fingerprint density at radius 2 is 2.08 bits per heavy atom. The van der Waals surface area contributed by atoms with Crippen molar-refractivity contribution in [2.24, 2.45) is 0 Å². The normalized spacial score (nSPS) is 11.2. The maximum Gasteiger partial charge on any atom is 0.418 e. The molecule has 1 rings (SSSR count). The lowest BCUT2D eigenvalue weighted by molar-refractivity contribution is -0.138. The Bertz CT molecular complexity index is 291. The van der Waals surface area contributed by atoms with Crippen LogP contribution in [0.1, 0.15) is 11.3 Å². The number of hydrogen-bond donors (Lipinski definition) is 0. The van der Waals surface area contributed by atoms with E-state index in [1.165, 1.54) is 12.3 Å². The highest BCUT2D eigenvalue weighted by Gasteiger charge is 2.32. The van der Waals surface area contributed by atoms with Gasteiger partial charge < -0.3 is 0 Å². The van der Waals surface area contributed by atoms with Crippen LogP contribution in [0.2, 0.25) is 0 Å². The van der Waals surface area contributed by atoms with Crippen LogP contribution in [-0.4, -0.2) is 4.98 Å². The number of pyridine rings is 1. The molecule has 0 amide bonds. The first-order valence-electron chi connectivity index (χ1n) is 3.20. The molecule has 0 aliphatic rings. The Morgan fingerprint density at radius 3 is 2.50 bits per heavy atom. The molecule has 0 radical (unpaired) electrons. The van der Waals surface area contributed by atoms with Gasteiger partial charge >= 0.3 is 6.18 Å². The Morgan fingerprint density at radius 1 is 1.42 bits per heavy atom. The largest absolute Gasteiger partial charge is 0.418 e. The van der Waals surface area contributed by atoms with Crippen molar-refractivity contribution in [1.29, 1.82) is 0 Å². The molecule has 0 aromatic carbocycles. The summed E-state index contributed by atoms with van der Waals surface area (Å²) in [6.45, 7) is 3.24. The zero-order valence-corrected chi connectivity index (χ0v) is 6.10. The van der Waals surface area contributed by atoms with Crippen LogP contribution in [0.25, 0.3) is 6.08 Å². The molecule has 0 fully saturated rings. The topological polar surface area (TPSA) is 12.9 Å². The van der Waals surface area contributed by atoms with E-state index in [4.69, 9.17) is 0 Å². The average molecular weight is 173 g/mol. The van der Waals surface area contributed by atoms with Crippen LogP contribution >= 0.6 is 0 Å². The minimum atomic E-state index is -4.35. The minimum Gasteiger partial charge on any atom is -0.256 e. The van der Waals surface area contributed by atoms with E-state index >= 15 is 0 Å². The molecule has 0 aliphatic heterocycles. The van der Waals surface area contributed by atoms with Crippen molar-refractivity contribution < 1.29 is 13.2 Å². The fraction of sp³-hybridized carbons (Fsp3) is 0.125. The molecule has 0 bridgehead atoms. The fourth-order valence-corrected chi connectivity index (χ4v) is 0.820. The number of rotatable bonds is 1. The highest BCUT2D eigenvalue weighted by atomic mass is 19.4. The van der Waals surface area contributed by atoms with Crippen molar-refractivity contribution >= 4 is 6.08 Å². The summed E-state index contributed by atoms with van der Waals surface area (Å²) in [6, 6.07) is 2.22. The van der Waals surface area contributed by atoms with Gasteiger partial charge in [-0.2, -0.15) is 13.2 Å². The summed E-state index contributed by atoms with van der Waals surface area (Å²) < 4.78 is 36.4. The smallest absolute Gasteiger partial charge is 0.256 e.